The van der Waals surface area contributed by atoms with E-state index >= 15 is 0 Å². The standard InChI is InChI=1S/C12H21N5O/c1-3-17(9-4-5-9)7-6-14-12(18)11-10(13)8-15-16(11)2/h8-9H,3-7,13H2,1-2H3,(H,14,18). The van der Waals surface area contributed by atoms with Crippen molar-refractivity contribution < 1.29 is 4.79 Å². The van der Waals surface area contributed by atoms with Crippen LogP contribution in [0.2, 0.25) is 0 Å². The number of carbonyl (C=O) groups is 1. The molecule has 0 spiro atoms. The Morgan fingerprint density at radius 2 is 2.39 bits per heavy atom. The summed E-state index contributed by atoms with van der Waals surface area (Å²) in [6.45, 7) is 4.73. The lowest BCUT2D eigenvalue weighted by molar-refractivity contribution is 0.0939. The van der Waals surface area contributed by atoms with Crippen molar-refractivity contribution in [2.24, 2.45) is 7.05 Å². The molecule has 0 saturated heterocycles. The van der Waals surface area contributed by atoms with Gasteiger partial charge in [0.15, 0.2) is 0 Å². The van der Waals surface area contributed by atoms with Crippen LogP contribution in [0.5, 0.6) is 0 Å². The van der Waals surface area contributed by atoms with E-state index in [2.05, 4.69) is 22.2 Å². The Hall–Kier alpha value is -1.56. The molecule has 1 saturated carbocycles. The number of amides is 1. The number of rotatable bonds is 6. The molecule has 0 atom stereocenters. The van der Waals surface area contributed by atoms with Gasteiger partial charge in [0.25, 0.3) is 5.91 Å². The number of hydrogen-bond acceptors (Lipinski definition) is 4. The minimum atomic E-state index is -0.153. The number of likely N-dealkylation sites (N-methyl/N-ethyl adjacent to an activating group) is 1. The lowest BCUT2D eigenvalue weighted by Crippen LogP contribution is -2.36. The molecule has 0 aliphatic heterocycles. The first kappa shape index (κ1) is 12.9. The number of nitrogen functional groups attached to an aromatic ring is 1. The summed E-state index contributed by atoms with van der Waals surface area (Å²) < 4.78 is 1.50. The zero-order chi connectivity index (χ0) is 13.1. The highest BCUT2D eigenvalue weighted by Gasteiger charge is 2.27. The van der Waals surface area contributed by atoms with E-state index in [1.807, 2.05) is 0 Å². The summed E-state index contributed by atoms with van der Waals surface area (Å²) in [7, 11) is 1.72. The zero-order valence-electron chi connectivity index (χ0n) is 11.0. The van der Waals surface area contributed by atoms with Gasteiger partial charge in [0.1, 0.15) is 5.69 Å². The molecule has 18 heavy (non-hydrogen) atoms. The van der Waals surface area contributed by atoms with Crippen LogP contribution in [-0.2, 0) is 7.05 Å². The van der Waals surface area contributed by atoms with E-state index in [0.717, 1.165) is 19.1 Å². The van der Waals surface area contributed by atoms with Gasteiger partial charge in [0.2, 0.25) is 0 Å². The van der Waals surface area contributed by atoms with Gasteiger partial charge in [0.05, 0.1) is 11.9 Å². The first-order valence-electron chi connectivity index (χ1n) is 6.43. The lowest BCUT2D eigenvalue weighted by Gasteiger charge is -2.19. The summed E-state index contributed by atoms with van der Waals surface area (Å²) in [6.07, 6.45) is 4.07. The van der Waals surface area contributed by atoms with E-state index in [1.165, 1.54) is 23.7 Å². The van der Waals surface area contributed by atoms with E-state index < -0.39 is 0 Å². The fraction of sp³-hybridized carbons (Fsp3) is 0.667. The fourth-order valence-corrected chi connectivity index (χ4v) is 2.17. The normalized spacial score (nSPS) is 15.1. The Balaban J connectivity index is 1.81. The van der Waals surface area contributed by atoms with E-state index in [0.29, 0.717) is 17.9 Å². The van der Waals surface area contributed by atoms with Gasteiger partial charge in [-0.1, -0.05) is 6.92 Å². The molecule has 1 aromatic rings. The lowest BCUT2D eigenvalue weighted by atomic mass is 10.3. The van der Waals surface area contributed by atoms with E-state index in [9.17, 15) is 4.79 Å². The van der Waals surface area contributed by atoms with Crippen molar-refractivity contribution in [3.63, 3.8) is 0 Å². The predicted molar refractivity (Wildman–Crippen MR) is 70.2 cm³/mol. The summed E-state index contributed by atoms with van der Waals surface area (Å²) >= 11 is 0. The quantitative estimate of drug-likeness (QED) is 0.758. The molecule has 3 N–H and O–H groups in total. The maximum absolute atomic E-state index is 11.9. The van der Waals surface area contributed by atoms with Gasteiger partial charge >= 0.3 is 0 Å². The summed E-state index contributed by atoms with van der Waals surface area (Å²) in [4.78, 5) is 14.3. The summed E-state index contributed by atoms with van der Waals surface area (Å²) in [6, 6.07) is 0.730. The maximum atomic E-state index is 11.9. The Morgan fingerprint density at radius 3 is 2.89 bits per heavy atom. The topological polar surface area (TPSA) is 76.2 Å². The third kappa shape index (κ3) is 2.81. The number of nitrogens with zero attached hydrogens (tertiary/aromatic N) is 3. The maximum Gasteiger partial charge on any atom is 0.271 e. The monoisotopic (exact) mass is 251 g/mol. The van der Waals surface area contributed by atoms with E-state index in [4.69, 9.17) is 5.73 Å². The summed E-state index contributed by atoms with van der Waals surface area (Å²) in [5.74, 6) is -0.153. The number of aryl methyl sites for hydroxylation is 1. The molecule has 1 aromatic heterocycles. The van der Waals surface area contributed by atoms with Crippen molar-refractivity contribution in [3.05, 3.63) is 11.9 Å². The largest absolute Gasteiger partial charge is 0.396 e. The molecule has 1 aliphatic carbocycles. The Morgan fingerprint density at radius 1 is 1.67 bits per heavy atom. The molecule has 6 heteroatoms. The van der Waals surface area contributed by atoms with Crippen LogP contribution in [0.4, 0.5) is 5.69 Å². The van der Waals surface area contributed by atoms with E-state index in [1.54, 1.807) is 7.05 Å². The Labute approximate surface area is 107 Å². The minimum Gasteiger partial charge on any atom is -0.396 e. The average molecular weight is 251 g/mol. The molecule has 0 radical (unpaired) electrons. The van der Waals surface area contributed by atoms with E-state index in [-0.39, 0.29) is 5.91 Å². The van der Waals surface area contributed by atoms with Crippen molar-refractivity contribution >= 4 is 11.6 Å². The highest BCUT2D eigenvalue weighted by Crippen LogP contribution is 2.25. The molecule has 0 bridgehead atoms. The molecule has 0 aromatic carbocycles. The Kier molecular flexibility index (Phi) is 3.86. The number of aromatic nitrogens is 2. The second-order valence-corrected chi connectivity index (χ2v) is 4.69. The molecule has 2 rings (SSSR count). The van der Waals surface area contributed by atoms with Crippen LogP contribution in [-0.4, -0.2) is 46.3 Å². The number of hydrogen-bond donors (Lipinski definition) is 2. The van der Waals surface area contributed by atoms with Crippen LogP contribution >= 0.6 is 0 Å². The molecular formula is C12H21N5O. The fourth-order valence-electron chi connectivity index (χ4n) is 2.17. The number of carbonyl (C=O) groups excluding carboxylic acids is 1. The summed E-state index contributed by atoms with van der Waals surface area (Å²) in [5, 5.41) is 6.85. The second kappa shape index (κ2) is 5.39. The number of nitrogens with one attached hydrogen (secondary N) is 1. The average Bonchev–Trinajstić information content (AvgIpc) is 3.11. The van der Waals surface area contributed by atoms with Crippen LogP contribution in [0.25, 0.3) is 0 Å². The van der Waals surface area contributed by atoms with Crippen LogP contribution in [0.1, 0.15) is 30.3 Å². The predicted octanol–water partition coefficient (Wildman–Crippen LogP) is 0.216. The molecule has 1 heterocycles. The van der Waals surface area contributed by atoms with Gasteiger partial charge in [-0.3, -0.25) is 14.4 Å². The Bertz CT molecular complexity index is 405. The third-order valence-corrected chi connectivity index (χ3v) is 3.34. The minimum absolute atomic E-state index is 0.153. The van der Waals surface area contributed by atoms with Crippen LogP contribution in [0.3, 0.4) is 0 Å². The molecule has 1 aliphatic rings. The van der Waals surface area contributed by atoms with Gasteiger partial charge in [-0.05, 0) is 19.4 Å². The van der Waals surface area contributed by atoms with Gasteiger partial charge < -0.3 is 11.1 Å². The van der Waals surface area contributed by atoms with Crippen molar-refractivity contribution in [2.45, 2.75) is 25.8 Å². The van der Waals surface area contributed by atoms with Crippen LogP contribution < -0.4 is 11.1 Å². The molecule has 6 nitrogen and oxygen atoms in total. The van der Waals surface area contributed by atoms with Crippen molar-refractivity contribution in [3.8, 4) is 0 Å². The summed E-state index contributed by atoms with van der Waals surface area (Å²) in [5.41, 5.74) is 6.56. The molecular weight excluding hydrogens is 230 g/mol. The van der Waals surface area contributed by atoms with Crippen LogP contribution in [0.15, 0.2) is 6.20 Å². The number of anilines is 1. The van der Waals surface area contributed by atoms with Crippen molar-refractivity contribution in [2.75, 3.05) is 25.4 Å². The van der Waals surface area contributed by atoms with Crippen molar-refractivity contribution in [1.29, 1.82) is 0 Å². The molecule has 1 amide bonds. The molecule has 0 unspecified atom stereocenters. The van der Waals surface area contributed by atoms with Crippen molar-refractivity contribution in [1.82, 2.24) is 20.0 Å². The highest BCUT2D eigenvalue weighted by molar-refractivity contribution is 5.97. The smallest absolute Gasteiger partial charge is 0.271 e. The van der Waals surface area contributed by atoms with Crippen LogP contribution in [0, 0.1) is 0 Å². The second-order valence-electron chi connectivity index (χ2n) is 4.69. The van der Waals surface area contributed by atoms with Gasteiger partial charge in [-0.25, -0.2) is 0 Å². The first-order valence-corrected chi connectivity index (χ1v) is 6.43. The molecule has 100 valence electrons. The SMILES string of the molecule is CCN(CCNC(=O)c1c(N)cnn1C)C1CC1. The third-order valence-electron chi connectivity index (χ3n) is 3.34. The zero-order valence-corrected chi connectivity index (χ0v) is 11.0. The van der Waals surface area contributed by atoms with Gasteiger partial charge in [-0.2, -0.15) is 5.10 Å². The molecule has 1 fully saturated rings. The van der Waals surface area contributed by atoms with Gasteiger partial charge in [-0.15, -0.1) is 0 Å². The number of nitrogens with two attached hydrogens (primary N) is 1. The van der Waals surface area contributed by atoms with Gasteiger partial charge in [0, 0.05) is 26.2 Å². The first-order chi connectivity index (χ1) is 8.63. The highest BCUT2D eigenvalue weighted by atomic mass is 16.2.